The molecule has 0 radical (unpaired) electrons. The number of carbonyl (C=O) groups excluding carboxylic acids is 1. The molecule has 0 spiro atoms. The number of aliphatic hydroxyl groups is 1. The standard InChI is InChI=1S/C19H30O2/c1-13-5-7-15-14(16(21)11-13)6-8-17-18(2,12-20)9-4-10-19(15,17)3/h5,14-15,17,20H,4,6-12H2,1-3H3. The zero-order valence-corrected chi connectivity index (χ0v) is 13.8. The van der Waals surface area contributed by atoms with Gasteiger partial charge < -0.3 is 5.11 Å². The Morgan fingerprint density at radius 1 is 1.29 bits per heavy atom. The highest BCUT2D eigenvalue weighted by Crippen LogP contribution is 2.62. The molecule has 0 heterocycles. The summed E-state index contributed by atoms with van der Waals surface area (Å²) in [6.45, 7) is 7.10. The van der Waals surface area contributed by atoms with Gasteiger partial charge in [-0.25, -0.2) is 0 Å². The molecule has 3 aliphatic rings. The van der Waals surface area contributed by atoms with E-state index < -0.39 is 0 Å². The Bertz CT molecular complexity index is 466. The third-order valence-corrected chi connectivity index (χ3v) is 7.15. The molecule has 2 heteroatoms. The summed E-state index contributed by atoms with van der Waals surface area (Å²) in [5.74, 6) is 1.81. The van der Waals surface area contributed by atoms with E-state index in [2.05, 4.69) is 26.8 Å². The average Bonchev–Trinajstić information content (AvgIpc) is 2.58. The van der Waals surface area contributed by atoms with Gasteiger partial charge in [-0.05, 0) is 61.7 Å². The van der Waals surface area contributed by atoms with Gasteiger partial charge in [-0.1, -0.05) is 31.9 Å². The van der Waals surface area contributed by atoms with Gasteiger partial charge in [0, 0.05) is 18.9 Å². The molecule has 0 saturated heterocycles. The first-order chi connectivity index (χ1) is 9.90. The summed E-state index contributed by atoms with van der Waals surface area (Å²) < 4.78 is 0. The van der Waals surface area contributed by atoms with Crippen LogP contribution in [-0.2, 0) is 4.79 Å². The SMILES string of the molecule is CC1=CCC2C(CCC3C(C)(CO)CCCC23C)C(=O)C1. The molecule has 118 valence electrons. The maximum absolute atomic E-state index is 12.6. The molecule has 5 atom stereocenters. The Kier molecular flexibility index (Phi) is 3.80. The van der Waals surface area contributed by atoms with Gasteiger partial charge in [-0.2, -0.15) is 0 Å². The predicted octanol–water partition coefficient (Wildman–Crippen LogP) is 4.13. The fraction of sp³-hybridized carbons (Fsp3) is 0.842. The highest BCUT2D eigenvalue weighted by molar-refractivity contribution is 5.84. The highest BCUT2D eigenvalue weighted by atomic mass is 16.3. The molecule has 2 saturated carbocycles. The number of ketones is 1. The Balaban J connectivity index is 1.97. The van der Waals surface area contributed by atoms with Crippen LogP contribution in [0.25, 0.3) is 0 Å². The summed E-state index contributed by atoms with van der Waals surface area (Å²) in [4.78, 5) is 12.6. The van der Waals surface area contributed by atoms with E-state index in [0.29, 0.717) is 30.6 Å². The first kappa shape index (κ1) is 15.3. The molecule has 0 aliphatic heterocycles. The van der Waals surface area contributed by atoms with Crippen LogP contribution in [0.5, 0.6) is 0 Å². The third-order valence-electron chi connectivity index (χ3n) is 7.15. The molecule has 2 nitrogen and oxygen atoms in total. The van der Waals surface area contributed by atoms with Gasteiger partial charge in [0.1, 0.15) is 5.78 Å². The van der Waals surface area contributed by atoms with Crippen molar-refractivity contribution in [3.8, 4) is 0 Å². The molecule has 5 unspecified atom stereocenters. The van der Waals surface area contributed by atoms with E-state index in [9.17, 15) is 9.90 Å². The minimum Gasteiger partial charge on any atom is -0.396 e. The number of Topliss-reactive ketones (excluding diaryl/α,β-unsaturated/α-hetero) is 1. The van der Waals surface area contributed by atoms with Crippen LogP contribution >= 0.6 is 0 Å². The number of fused-ring (bicyclic) bond motifs is 3. The molecule has 1 N–H and O–H groups in total. The molecule has 3 rings (SSSR count). The number of rotatable bonds is 1. The van der Waals surface area contributed by atoms with Crippen molar-refractivity contribution in [3.05, 3.63) is 11.6 Å². The van der Waals surface area contributed by atoms with Crippen LogP contribution in [0.2, 0.25) is 0 Å². The van der Waals surface area contributed by atoms with Crippen molar-refractivity contribution in [1.29, 1.82) is 0 Å². The lowest BCUT2D eigenvalue weighted by Crippen LogP contribution is -2.54. The second kappa shape index (κ2) is 5.22. The first-order valence-corrected chi connectivity index (χ1v) is 8.70. The number of aliphatic hydroxyl groups excluding tert-OH is 1. The van der Waals surface area contributed by atoms with Crippen molar-refractivity contribution >= 4 is 5.78 Å². The van der Waals surface area contributed by atoms with Gasteiger partial charge in [-0.15, -0.1) is 0 Å². The number of allylic oxidation sites excluding steroid dienone is 2. The molecular formula is C19H30O2. The van der Waals surface area contributed by atoms with Crippen molar-refractivity contribution in [2.45, 2.75) is 65.7 Å². The van der Waals surface area contributed by atoms with Crippen LogP contribution in [-0.4, -0.2) is 17.5 Å². The van der Waals surface area contributed by atoms with Gasteiger partial charge >= 0.3 is 0 Å². The molecule has 0 bridgehead atoms. The molecule has 2 fully saturated rings. The van der Waals surface area contributed by atoms with E-state index in [-0.39, 0.29) is 16.7 Å². The summed E-state index contributed by atoms with van der Waals surface area (Å²) in [5.41, 5.74) is 1.55. The number of hydrogen-bond donors (Lipinski definition) is 1. The summed E-state index contributed by atoms with van der Waals surface area (Å²) >= 11 is 0. The topological polar surface area (TPSA) is 37.3 Å². The van der Waals surface area contributed by atoms with Crippen LogP contribution in [0, 0.1) is 28.6 Å². The summed E-state index contributed by atoms with van der Waals surface area (Å²) in [6.07, 6.45) is 9.79. The van der Waals surface area contributed by atoms with E-state index in [0.717, 1.165) is 25.7 Å². The molecular weight excluding hydrogens is 260 g/mol. The largest absolute Gasteiger partial charge is 0.396 e. The third kappa shape index (κ3) is 2.30. The van der Waals surface area contributed by atoms with Crippen LogP contribution in [0.15, 0.2) is 11.6 Å². The Hall–Kier alpha value is -0.630. The second-order valence-electron chi connectivity index (χ2n) is 8.44. The normalized spacial score (nSPS) is 47.1. The minimum atomic E-state index is 0.0616. The van der Waals surface area contributed by atoms with Gasteiger partial charge in [-0.3, -0.25) is 4.79 Å². The van der Waals surface area contributed by atoms with Crippen LogP contribution in [0.1, 0.15) is 65.7 Å². The molecule has 21 heavy (non-hydrogen) atoms. The Morgan fingerprint density at radius 2 is 2.05 bits per heavy atom. The van der Waals surface area contributed by atoms with Crippen molar-refractivity contribution in [3.63, 3.8) is 0 Å². The molecule has 0 aromatic rings. The monoisotopic (exact) mass is 290 g/mol. The van der Waals surface area contributed by atoms with Crippen LogP contribution in [0.4, 0.5) is 0 Å². The quantitative estimate of drug-likeness (QED) is 0.737. The summed E-state index contributed by atoms with van der Waals surface area (Å²) in [5, 5.41) is 9.97. The van der Waals surface area contributed by atoms with E-state index >= 15 is 0 Å². The first-order valence-electron chi connectivity index (χ1n) is 8.70. The van der Waals surface area contributed by atoms with Gasteiger partial charge in [0.25, 0.3) is 0 Å². The number of carbonyl (C=O) groups is 1. The Labute approximate surface area is 129 Å². The van der Waals surface area contributed by atoms with Crippen molar-refractivity contribution in [2.24, 2.45) is 28.6 Å². The maximum atomic E-state index is 12.6. The van der Waals surface area contributed by atoms with Crippen LogP contribution in [0.3, 0.4) is 0 Å². The van der Waals surface area contributed by atoms with Crippen molar-refractivity contribution < 1.29 is 9.90 Å². The lowest BCUT2D eigenvalue weighted by molar-refractivity contribution is -0.143. The number of hydrogen-bond acceptors (Lipinski definition) is 2. The van der Waals surface area contributed by atoms with E-state index in [1.165, 1.54) is 18.4 Å². The second-order valence-corrected chi connectivity index (χ2v) is 8.44. The zero-order chi connectivity index (χ0) is 15.3. The Morgan fingerprint density at radius 3 is 2.76 bits per heavy atom. The fourth-order valence-corrected chi connectivity index (χ4v) is 5.96. The maximum Gasteiger partial charge on any atom is 0.140 e. The van der Waals surface area contributed by atoms with Crippen LogP contribution < -0.4 is 0 Å². The molecule has 3 aliphatic carbocycles. The fourth-order valence-electron chi connectivity index (χ4n) is 5.96. The predicted molar refractivity (Wildman–Crippen MR) is 84.9 cm³/mol. The van der Waals surface area contributed by atoms with Crippen molar-refractivity contribution in [1.82, 2.24) is 0 Å². The van der Waals surface area contributed by atoms with E-state index in [1.807, 2.05) is 0 Å². The van der Waals surface area contributed by atoms with Gasteiger partial charge in [0.15, 0.2) is 0 Å². The lowest BCUT2D eigenvalue weighted by atomic mass is 9.45. The van der Waals surface area contributed by atoms with E-state index in [4.69, 9.17) is 0 Å². The lowest BCUT2D eigenvalue weighted by Gasteiger charge is -2.59. The molecule has 0 amide bonds. The van der Waals surface area contributed by atoms with E-state index in [1.54, 1.807) is 0 Å². The summed E-state index contributed by atoms with van der Waals surface area (Å²) in [7, 11) is 0. The van der Waals surface area contributed by atoms with Gasteiger partial charge in [0.2, 0.25) is 0 Å². The highest BCUT2D eigenvalue weighted by Gasteiger charge is 2.56. The van der Waals surface area contributed by atoms with Gasteiger partial charge in [0.05, 0.1) is 0 Å². The minimum absolute atomic E-state index is 0.0616. The van der Waals surface area contributed by atoms with Crippen molar-refractivity contribution in [2.75, 3.05) is 6.61 Å². The smallest absolute Gasteiger partial charge is 0.140 e. The molecule has 0 aromatic heterocycles. The molecule has 0 aromatic carbocycles. The average molecular weight is 290 g/mol. The zero-order valence-electron chi connectivity index (χ0n) is 13.8. The summed E-state index contributed by atoms with van der Waals surface area (Å²) in [6, 6.07) is 0.